The molecule has 0 fully saturated rings. The Morgan fingerprint density at radius 3 is 2.14 bits per heavy atom. The van der Waals surface area contributed by atoms with Crippen molar-refractivity contribution in [3.63, 3.8) is 0 Å². The number of carbonyl (C=O) groups is 1. The number of aromatic nitrogens is 1. The first-order chi connectivity index (χ1) is 13.9. The highest BCUT2D eigenvalue weighted by molar-refractivity contribution is 7.90. The van der Waals surface area contributed by atoms with Gasteiger partial charge >= 0.3 is 0 Å². The fourth-order valence-corrected chi connectivity index (χ4v) is 5.02. The van der Waals surface area contributed by atoms with Crippen molar-refractivity contribution in [3.05, 3.63) is 90.1 Å². The largest absolute Gasteiger partial charge is 0.342 e. The molecule has 0 spiro atoms. The zero-order valence-electron chi connectivity index (χ0n) is 16.1. The number of aryl methyl sites for hydroxylation is 1. The third-order valence-electron chi connectivity index (χ3n) is 4.99. The number of rotatable bonds is 5. The third-order valence-corrected chi connectivity index (χ3v) is 6.73. The van der Waals surface area contributed by atoms with Gasteiger partial charge in [0.15, 0.2) is 6.29 Å². The average molecular weight is 404 g/mol. The minimum atomic E-state index is -3.96. The molecule has 0 aliphatic heterocycles. The Balaban J connectivity index is 2.04. The summed E-state index contributed by atoms with van der Waals surface area (Å²) in [6, 6.07) is 23.3. The molecule has 3 aromatic carbocycles. The van der Waals surface area contributed by atoms with Crippen molar-refractivity contribution in [2.75, 3.05) is 11.9 Å². The van der Waals surface area contributed by atoms with Gasteiger partial charge in [0.2, 0.25) is 0 Å². The summed E-state index contributed by atoms with van der Waals surface area (Å²) in [6.07, 6.45) is 0.612. The molecule has 29 heavy (non-hydrogen) atoms. The maximum absolute atomic E-state index is 13.5. The van der Waals surface area contributed by atoms with Crippen LogP contribution in [0.15, 0.2) is 83.8 Å². The Labute approximate surface area is 169 Å². The first kappa shape index (κ1) is 19.0. The minimum Gasteiger partial charge on any atom is -0.342 e. The van der Waals surface area contributed by atoms with Crippen LogP contribution in [0.5, 0.6) is 0 Å². The maximum atomic E-state index is 13.5. The molecule has 0 N–H and O–H groups in total. The number of carbonyl (C=O) groups excluding carboxylic acids is 1. The molecular formula is C23H20N2O3S. The summed E-state index contributed by atoms with van der Waals surface area (Å²) in [4.78, 5) is 14.2. The lowest BCUT2D eigenvalue weighted by Crippen LogP contribution is -2.17. The molecule has 0 saturated heterocycles. The molecule has 5 nitrogen and oxygen atoms in total. The molecule has 0 aliphatic carbocycles. The average Bonchev–Trinajstić information content (AvgIpc) is 3.09. The highest BCUT2D eigenvalue weighted by atomic mass is 32.2. The zero-order chi connectivity index (χ0) is 20.6. The molecule has 6 heteroatoms. The Morgan fingerprint density at radius 1 is 0.862 bits per heavy atom. The first-order valence-electron chi connectivity index (χ1n) is 9.15. The predicted octanol–water partition coefficient (Wildman–Crippen LogP) is 4.77. The molecule has 0 bridgehead atoms. The molecular weight excluding hydrogens is 384 g/mol. The molecule has 0 unspecified atom stereocenters. The molecule has 146 valence electrons. The summed E-state index contributed by atoms with van der Waals surface area (Å²) in [6.45, 7) is 1.89. The number of fused-ring (bicyclic) bond motifs is 1. The molecule has 4 rings (SSSR count). The molecule has 1 aromatic heterocycles. The maximum Gasteiger partial charge on any atom is 0.268 e. The van der Waals surface area contributed by atoms with E-state index in [2.05, 4.69) is 0 Å². The minimum absolute atomic E-state index is 0.0955. The van der Waals surface area contributed by atoms with Crippen molar-refractivity contribution in [3.8, 4) is 0 Å². The summed E-state index contributed by atoms with van der Waals surface area (Å²) >= 11 is 0. The van der Waals surface area contributed by atoms with Crippen LogP contribution in [0.4, 0.5) is 11.4 Å². The highest BCUT2D eigenvalue weighted by Gasteiger charge is 2.28. The molecule has 0 saturated carbocycles. The number of anilines is 2. The van der Waals surface area contributed by atoms with Crippen molar-refractivity contribution in [2.24, 2.45) is 0 Å². The van der Waals surface area contributed by atoms with E-state index in [1.165, 1.54) is 0 Å². The lowest BCUT2D eigenvalue weighted by atomic mass is 10.2. The van der Waals surface area contributed by atoms with Crippen LogP contribution in [0.25, 0.3) is 10.9 Å². The Bertz CT molecular complexity index is 1290. The van der Waals surface area contributed by atoms with Gasteiger partial charge < -0.3 is 4.90 Å². The number of benzene rings is 3. The van der Waals surface area contributed by atoms with Gasteiger partial charge in [0.25, 0.3) is 10.0 Å². The second-order valence-electron chi connectivity index (χ2n) is 6.85. The van der Waals surface area contributed by atoms with E-state index in [-0.39, 0.29) is 10.6 Å². The monoisotopic (exact) mass is 404 g/mol. The van der Waals surface area contributed by atoms with Crippen LogP contribution in [-0.4, -0.2) is 25.7 Å². The summed E-state index contributed by atoms with van der Waals surface area (Å²) in [5.74, 6) is 0. The SMILES string of the molecule is Cc1ccc(S(=O)(=O)n2c(C=O)c(N(C)c3ccccc3)c3ccccc32)cc1. The fourth-order valence-electron chi connectivity index (χ4n) is 3.53. The van der Waals surface area contributed by atoms with Gasteiger partial charge in [-0.1, -0.05) is 54.1 Å². The predicted molar refractivity (Wildman–Crippen MR) is 116 cm³/mol. The van der Waals surface area contributed by atoms with Crippen molar-refractivity contribution in [2.45, 2.75) is 11.8 Å². The van der Waals surface area contributed by atoms with Crippen LogP contribution in [0.2, 0.25) is 0 Å². The van der Waals surface area contributed by atoms with Crippen molar-refractivity contribution >= 4 is 38.6 Å². The first-order valence-corrected chi connectivity index (χ1v) is 10.6. The number of aldehydes is 1. The standard InChI is InChI=1S/C23H20N2O3S/c1-17-12-14-19(15-13-17)29(27,28)25-21-11-7-6-10-20(21)23(22(25)16-26)24(2)18-8-4-3-5-9-18/h3-16H,1-2H3. The van der Waals surface area contributed by atoms with E-state index in [0.29, 0.717) is 22.9 Å². The fraction of sp³-hybridized carbons (Fsp3) is 0.0870. The van der Waals surface area contributed by atoms with Gasteiger partial charge in [-0.3, -0.25) is 4.79 Å². The van der Waals surface area contributed by atoms with Crippen molar-refractivity contribution in [1.82, 2.24) is 3.97 Å². The third kappa shape index (κ3) is 3.11. The Kier molecular flexibility index (Phi) is 4.72. The van der Waals surface area contributed by atoms with Gasteiger partial charge in [0.1, 0.15) is 5.69 Å². The highest BCUT2D eigenvalue weighted by Crippen LogP contribution is 2.38. The summed E-state index contributed by atoms with van der Waals surface area (Å²) < 4.78 is 28.1. The van der Waals surface area contributed by atoms with E-state index in [0.717, 1.165) is 15.2 Å². The van der Waals surface area contributed by atoms with E-state index < -0.39 is 10.0 Å². The van der Waals surface area contributed by atoms with Crippen LogP contribution in [0.1, 0.15) is 16.1 Å². The summed E-state index contributed by atoms with van der Waals surface area (Å²) in [5, 5.41) is 0.691. The van der Waals surface area contributed by atoms with Crippen LogP contribution in [0, 0.1) is 6.92 Å². The summed E-state index contributed by atoms with van der Waals surface area (Å²) in [7, 11) is -2.13. The Hall–Kier alpha value is -3.38. The van der Waals surface area contributed by atoms with Crippen LogP contribution >= 0.6 is 0 Å². The van der Waals surface area contributed by atoms with E-state index in [4.69, 9.17) is 0 Å². The number of nitrogens with zero attached hydrogens (tertiary/aromatic N) is 2. The van der Waals surface area contributed by atoms with Gasteiger partial charge in [0, 0.05) is 18.1 Å². The Morgan fingerprint density at radius 2 is 1.48 bits per heavy atom. The normalized spacial score (nSPS) is 11.5. The number of para-hydroxylation sites is 2. The molecule has 0 atom stereocenters. The van der Waals surface area contributed by atoms with Crippen LogP contribution < -0.4 is 4.90 Å². The van der Waals surface area contributed by atoms with E-state index >= 15 is 0 Å². The van der Waals surface area contributed by atoms with Gasteiger partial charge in [-0.25, -0.2) is 12.4 Å². The van der Waals surface area contributed by atoms with Crippen molar-refractivity contribution in [1.29, 1.82) is 0 Å². The van der Waals surface area contributed by atoms with Crippen molar-refractivity contribution < 1.29 is 13.2 Å². The van der Waals surface area contributed by atoms with Crippen LogP contribution in [0.3, 0.4) is 0 Å². The second kappa shape index (κ2) is 7.22. The number of hydrogen-bond donors (Lipinski definition) is 0. The molecule has 4 aromatic rings. The zero-order valence-corrected chi connectivity index (χ0v) is 16.9. The van der Waals surface area contributed by atoms with Gasteiger partial charge in [-0.15, -0.1) is 0 Å². The number of hydrogen-bond acceptors (Lipinski definition) is 4. The van der Waals surface area contributed by atoms with Crippen LogP contribution in [-0.2, 0) is 10.0 Å². The smallest absolute Gasteiger partial charge is 0.268 e. The molecule has 0 amide bonds. The topological polar surface area (TPSA) is 59.4 Å². The van der Waals surface area contributed by atoms with Gasteiger partial charge in [-0.2, -0.15) is 0 Å². The molecule has 1 heterocycles. The second-order valence-corrected chi connectivity index (χ2v) is 8.63. The van der Waals surface area contributed by atoms with E-state index in [1.807, 2.05) is 61.3 Å². The summed E-state index contributed by atoms with van der Waals surface area (Å²) in [5.41, 5.74) is 2.93. The quantitative estimate of drug-likeness (QED) is 0.450. The lowest BCUT2D eigenvalue weighted by Gasteiger charge is -2.20. The van der Waals surface area contributed by atoms with E-state index in [9.17, 15) is 13.2 Å². The van der Waals surface area contributed by atoms with Gasteiger partial charge in [-0.05, 0) is 37.3 Å². The van der Waals surface area contributed by atoms with Gasteiger partial charge in [0.05, 0.1) is 16.1 Å². The lowest BCUT2D eigenvalue weighted by molar-refractivity contribution is 0.111. The molecule has 0 radical (unpaired) electrons. The molecule has 0 aliphatic rings. The van der Waals surface area contributed by atoms with E-state index in [1.54, 1.807) is 36.4 Å².